The number of nitrogens with zero attached hydrogens (tertiary/aromatic N) is 2. The molecule has 1 aromatic heterocycles. The smallest absolute Gasteiger partial charge is 0.271 e. The second-order valence-electron chi connectivity index (χ2n) is 7.30. The standard InChI is InChI=1S/C22H24N2O4/c1-14-8-10-17(11-9-14)28-13-19(25)20-15(2)18(12-23)21(26)24(22(20)27)16-6-4-3-5-7-16/h8-11,16,27H,3-7,13H2,1-2H3. The van der Waals surface area contributed by atoms with Crippen molar-refractivity contribution in [3.05, 3.63) is 56.9 Å². The Morgan fingerprint density at radius 2 is 1.86 bits per heavy atom. The molecular weight excluding hydrogens is 356 g/mol. The molecule has 1 heterocycles. The lowest BCUT2D eigenvalue weighted by Gasteiger charge is -2.26. The summed E-state index contributed by atoms with van der Waals surface area (Å²) in [5.41, 5.74) is 0.649. The number of benzene rings is 1. The topological polar surface area (TPSA) is 92.3 Å². The van der Waals surface area contributed by atoms with Gasteiger partial charge in [0, 0.05) is 6.04 Å². The third kappa shape index (κ3) is 3.79. The number of aromatic nitrogens is 1. The zero-order valence-corrected chi connectivity index (χ0v) is 16.2. The minimum absolute atomic E-state index is 0.00571. The number of hydrogen-bond donors (Lipinski definition) is 1. The van der Waals surface area contributed by atoms with Crippen LogP contribution >= 0.6 is 0 Å². The number of pyridine rings is 1. The predicted molar refractivity (Wildman–Crippen MR) is 105 cm³/mol. The summed E-state index contributed by atoms with van der Waals surface area (Å²) in [5, 5.41) is 20.3. The van der Waals surface area contributed by atoms with Crippen molar-refractivity contribution in [1.29, 1.82) is 5.26 Å². The van der Waals surface area contributed by atoms with Gasteiger partial charge in [0.1, 0.15) is 17.4 Å². The highest BCUT2D eigenvalue weighted by Gasteiger charge is 2.28. The number of aryl methyl sites for hydroxylation is 1. The van der Waals surface area contributed by atoms with Crippen molar-refractivity contribution in [2.45, 2.75) is 52.0 Å². The number of ketones is 1. The van der Waals surface area contributed by atoms with Crippen LogP contribution in [0.2, 0.25) is 0 Å². The van der Waals surface area contributed by atoms with Crippen molar-refractivity contribution in [3.8, 4) is 17.7 Å². The first-order valence-electron chi connectivity index (χ1n) is 9.55. The molecule has 0 unspecified atom stereocenters. The molecule has 28 heavy (non-hydrogen) atoms. The van der Waals surface area contributed by atoms with E-state index in [2.05, 4.69) is 0 Å². The van der Waals surface area contributed by atoms with E-state index in [1.54, 1.807) is 12.1 Å². The van der Waals surface area contributed by atoms with E-state index in [-0.39, 0.29) is 35.2 Å². The van der Waals surface area contributed by atoms with Crippen LogP contribution in [0.3, 0.4) is 0 Å². The molecule has 1 N–H and O–H groups in total. The summed E-state index contributed by atoms with van der Waals surface area (Å²) in [4.78, 5) is 25.6. The lowest BCUT2D eigenvalue weighted by atomic mass is 9.93. The van der Waals surface area contributed by atoms with Crippen molar-refractivity contribution in [2.75, 3.05) is 6.61 Å². The summed E-state index contributed by atoms with van der Waals surface area (Å²) in [6, 6.07) is 8.99. The summed E-state index contributed by atoms with van der Waals surface area (Å²) < 4.78 is 6.79. The molecule has 0 atom stereocenters. The van der Waals surface area contributed by atoms with Crippen molar-refractivity contribution in [3.63, 3.8) is 0 Å². The number of hydrogen-bond acceptors (Lipinski definition) is 5. The molecule has 1 fully saturated rings. The number of aromatic hydroxyl groups is 1. The van der Waals surface area contributed by atoms with Gasteiger partial charge in [-0.2, -0.15) is 5.26 Å². The summed E-state index contributed by atoms with van der Waals surface area (Å²) >= 11 is 0. The highest BCUT2D eigenvalue weighted by molar-refractivity contribution is 6.01. The van der Waals surface area contributed by atoms with Crippen molar-refractivity contribution < 1.29 is 14.6 Å². The van der Waals surface area contributed by atoms with E-state index < -0.39 is 11.3 Å². The van der Waals surface area contributed by atoms with Gasteiger partial charge in [0.25, 0.3) is 5.56 Å². The normalized spacial score (nSPS) is 14.5. The van der Waals surface area contributed by atoms with Gasteiger partial charge in [-0.3, -0.25) is 14.2 Å². The maximum absolute atomic E-state index is 12.8. The molecule has 2 aromatic rings. The molecule has 1 aromatic carbocycles. The van der Waals surface area contributed by atoms with Gasteiger partial charge in [0.15, 0.2) is 6.61 Å². The Labute approximate surface area is 164 Å². The van der Waals surface area contributed by atoms with Crippen LogP contribution in [0.25, 0.3) is 0 Å². The van der Waals surface area contributed by atoms with E-state index >= 15 is 0 Å². The number of Topliss-reactive ketones (excluding diaryl/α,β-unsaturated/α-hetero) is 1. The first-order chi connectivity index (χ1) is 13.4. The van der Waals surface area contributed by atoms with Crippen LogP contribution in [0.4, 0.5) is 0 Å². The van der Waals surface area contributed by atoms with Crippen LogP contribution in [0, 0.1) is 25.2 Å². The fourth-order valence-corrected chi connectivity index (χ4v) is 3.79. The number of rotatable bonds is 5. The predicted octanol–water partition coefficient (Wildman–Crippen LogP) is 3.81. The van der Waals surface area contributed by atoms with Crippen molar-refractivity contribution in [1.82, 2.24) is 4.57 Å². The van der Waals surface area contributed by atoms with Gasteiger partial charge in [-0.05, 0) is 44.4 Å². The third-order valence-electron chi connectivity index (χ3n) is 5.36. The summed E-state index contributed by atoms with van der Waals surface area (Å²) in [5.74, 6) is -0.278. The largest absolute Gasteiger partial charge is 0.494 e. The minimum Gasteiger partial charge on any atom is -0.494 e. The molecule has 0 saturated heterocycles. The fraction of sp³-hybridized carbons (Fsp3) is 0.409. The molecule has 1 aliphatic carbocycles. The molecule has 6 heteroatoms. The monoisotopic (exact) mass is 380 g/mol. The van der Waals surface area contributed by atoms with Gasteiger partial charge in [-0.1, -0.05) is 37.0 Å². The number of carbonyl (C=O) groups is 1. The Balaban J connectivity index is 1.97. The lowest BCUT2D eigenvalue weighted by Crippen LogP contribution is -2.31. The number of carbonyl (C=O) groups excluding carboxylic acids is 1. The molecule has 0 amide bonds. The summed E-state index contributed by atoms with van der Waals surface area (Å²) in [7, 11) is 0. The Hall–Kier alpha value is -3.07. The van der Waals surface area contributed by atoms with Crippen molar-refractivity contribution in [2.24, 2.45) is 0 Å². The first-order valence-corrected chi connectivity index (χ1v) is 9.55. The summed E-state index contributed by atoms with van der Waals surface area (Å²) in [6.45, 7) is 3.18. The van der Waals surface area contributed by atoms with E-state index in [9.17, 15) is 20.0 Å². The van der Waals surface area contributed by atoms with Crippen molar-refractivity contribution >= 4 is 5.78 Å². The molecule has 1 saturated carbocycles. The highest BCUT2D eigenvalue weighted by atomic mass is 16.5. The molecule has 6 nitrogen and oxygen atoms in total. The van der Waals surface area contributed by atoms with Crippen LogP contribution < -0.4 is 10.3 Å². The first kappa shape index (κ1) is 19.7. The second-order valence-corrected chi connectivity index (χ2v) is 7.30. The molecule has 146 valence electrons. The Bertz CT molecular complexity index is 978. The molecule has 0 radical (unpaired) electrons. The zero-order chi connectivity index (χ0) is 20.3. The van der Waals surface area contributed by atoms with Crippen LogP contribution in [0.1, 0.15) is 65.2 Å². The Morgan fingerprint density at radius 1 is 1.21 bits per heavy atom. The maximum atomic E-state index is 12.8. The molecule has 0 spiro atoms. The zero-order valence-electron chi connectivity index (χ0n) is 16.2. The van der Waals surface area contributed by atoms with Gasteiger partial charge in [-0.15, -0.1) is 0 Å². The fourth-order valence-electron chi connectivity index (χ4n) is 3.79. The molecular formula is C22H24N2O4. The van der Waals surface area contributed by atoms with Gasteiger partial charge >= 0.3 is 0 Å². The van der Waals surface area contributed by atoms with E-state index in [1.165, 1.54) is 11.5 Å². The van der Waals surface area contributed by atoms with E-state index in [0.29, 0.717) is 5.75 Å². The lowest BCUT2D eigenvalue weighted by molar-refractivity contribution is 0.0915. The van der Waals surface area contributed by atoms with E-state index in [4.69, 9.17) is 4.74 Å². The Kier molecular flexibility index (Phi) is 5.84. The maximum Gasteiger partial charge on any atom is 0.271 e. The summed E-state index contributed by atoms with van der Waals surface area (Å²) in [6.07, 6.45) is 4.47. The number of nitriles is 1. The average Bonchev–Trinajstić information content (AvgIpc) is 2.68. The number of ether oxygens (including phenoxy) is 1. The van der Waals surface area contributed by atoms with Gasteiger partial charge in [-0.25, -0.2) is 0 Å². The van der Waals surface area contributed by atoms with Crippen LogP contribution in [0.15, 0.2) is 29.1 Å². The van der Waals surface area contributed by atoms with Crippen LogP contribution in [-0.2, 0) is 0 Å². The SMILES string of the molecule is Cc1ccc(OCC(=O)c2c(C)c(C#N)c(=O)n(C3CCCCC3)c2O)cc1. The molecule has 1 aliphatic rings. The van der Waals surface area contributed by atoms with Gasteiger partial charge in [0.05, 0.1) is 5.56 Å². The molecule has 3 rings (SSSR count). The van der Waals surface area contributed by atoms with E-state index in [1.807, 2.05) is 25.1 Å². The van der Waals surface area contributed by atoms with Crippen LogP contribution in [0.5, 0.6) is 11.6 Å². The van der Waals surface area contributed by atoms with Gasteiger partial charge < -0.3 is 9.84 Å². The van der Waals surface area contributed by atoms with E-state index in [0.717, 1.165) is 37.7 Å². The quantitative estimate of drug-likeness (QED) is 0.796. The molecule has 0 aliphatic heterocycles. The molecule has 0 bridgehead atoms. The third-order valence-corrected chi connectivity index (χ3v) is 5.36. The Morgan fingerprint density at radius 3 is 2.46 bits per heavy atom. The minimum atomic E-state index is -0.527. The van der Waals surface area contributed by atoms with Crippen LogP contribution in [-0.4, -0.2) is 22.1 Å². The highest BCUT2D eigenvalue weighted by Crippen LogP contribution is 2.33. The van der Waals surface area contributed by atoms with Gasteiger partial charge in [0.2, 0.25) is 11.7 Å². The second kappa shape index (κ2) is 8.30. The average molecular weight is 380 g/mol.